The van der Waals surface area contributed by atoms with E-state index in [4.69, 9.17) is 0 Å². The lowest BCUT2D eigenvalue weighted by Crippen LogP contribution is -2.37. The number of alkyl halides is 4. The van der Waals surface area contributed by atoms with Gasteiger partial charge >= 0.3 is 23.8 Å². The van der Waals surface area contributed by atoms with E-state index >= 15 is 17.6 Å². The topological polar surface area (TPSA) is 112 Å². The van der Waals surface area contributed by atoms with Crippen molar-refractivity contribution in [2.75, 3.05) is 13.1 Å². The molecule has 1 unspecified atom stereocenters. The average molecular weight is 560 g/mol. The fraction of sp³-hybridized carbons (Fsp3) is 0.462. The summed E-state index contributed by atoms with van der Waals surface area (Å²) in [6, 6.07) is 4.76. The van der Waals surface area contributed by atoms with Crippen molar-refractivity contribution in [2.24, 2.45) is 5.92 Å². The van der Waals surface area contributed by atoms with Crippen LogP contribution in [0.1, 0.15) is 67.0 Å². The van der Waals surface area contributed by atoms with Crippen LogP contribution in [-0.2, 0) is 44.3 Å². The van der Waals surface area contributed by atoms with Crippen LogP contribution in [0.2, 0.25) is 0 Å². The Balaban J connectivity index is 2.69. The Bertz CT molecular complexity index is 1360. The van der Waals surface area contributed by atoms with Crippen LogP contribution < -0.4 is 0 Å². The van der Waals surface area contributed by atoms with E-state index in [9.17, 15) is 28.2 Å². The van der Waals surface area contributed by atoms with Gasteiger partial charge in [0.25, 0.3) is 0 Å². The molecule has 0 radical (unpaired) electrons. The summed E-state index contributed by atoms with van der Waals surface area (Å²) in [5.74, 6) is -18.1. The summed E-state index contributed by atoms with van der Waals surface area (Å²) in [6.45, 7) is 6.07. The van der Waals surface area contributed by atoms with Crippen molar-refractivity contribution in [3.05, 3.63) is 63.7 Å². The Morgan fingerprint density at radius 2 is 1.42 bits per heavy atom. The Morgan fingerprint density at radius 3 is 1.89 bits per heavy atom. The number of nitrogens with zero attached hydrogens (tertiary/aromatic N) is 1. The second-order valence-electron chi connectivity index (χ2n) is 8.96. The highest BCUT2D eigenvalue weighted by Gasteiger charge is 2.64. The molecule has 0 spiro atoms. The van der Waals surface area contributed by atoms with Gasteiger partial charge in [-0.05, 0) is 41.2 Å². The monoisotopic (exact) mass is 559 g/mol. The number of fused-ring (bicyclic) bond motifs is 2. The normalized spacial score (nSPS) is 18.1. The lowest BCUT2D eigenvalue weighted by Gasteiger charge is -2.31. The van der Waals surface area contributed by atoms with E-state index in [0.717, 1.165) is 22.5 Å². The minimum atomic E-state index is -4.92. The van der Waals surface area contributed by atoms with Crippen molar-refractivity contribution in [2.45, 2.75) is 63.2 Å². The third-order valence-electron chi connectivity index (χ3n) is 7.11. The summed E-state index contributed by atoms with van der Waals surface area (Å²) in [6.07, 6.45) is -0.389. The number of benzene rings is 2. The molecule has 1 aliphatic carbocycles. The SMILES string of the molecule is CCc1c(S(=O)(=O)N(CC)CC)cc2c(c1CC)C(F)(F)C(F)(F)c1ccccc1C2C(C(=O)O)C(=O)O. The van der Waals surface area contributed by atoms with Gasteiger partial charge in [-0.15, -0.1) is 0 Å². The molecular formula is C26H29F4NO6S. The van der Waals surface area contributed by atoms with Crippen LogP contribution in [0.15, 0.2) is 35.2 Å². The van der Waals surface area contributed by atoms with E-state index in [-0.39, 0.29) is 37.1 Å². The second-order valence-corrected chi connectivity index (χ2v) is 10.9. The van der Waals surface area contributed by atoms with Gasteiger partial charge in [0, 0.05) is 30.1 Å². The largest absolute Gasteiger partial charge is 0.481 e. The molecule has 3 rings (SSSR count). The number of hydrogen-bond acceptors (Lipinski definition) is 4. The molecule has 0 saturated carbocycles. The molecule has 2 N–H and O–H groups in total. The molecule has 1 atom stereocenters. The minimum absolute atomic E-state index is 0.0217. The number of hydrogen-bond donors (Lipinski definition) is 2. The zero-order valence-corrected chi connectivity index (χ0v) is 22.1. The van der Waals surface area contributed by atoms with Gasteiger partial charge in [0.05, 0.1) is 4.90 Å². The fourth-order valence-electron chi connectivity index (χ4n) is 5.40. The third-order valence-corrected chi connectivity index (χ3v) is 9.23. The van der Waals surface area contributed by atoms with E-state index in [0.29, 0.717) is 6.07 Å². The maximum atomic E-state index is 16.0. The molecule has 7 nitrogen and oxygen atoms in total. The van der Waals surface area contributed by atoms with Crippen LogP contribution in [0.5, 0.6) is 0 Å². The van der Waals surface area contributed by atoms with Crippen molar-refractivity contribution in [1.29, 1.82) is 0 Å². The van der Waals surface area contributed by atoms with Gasteiger partial charge in [0.1, 0.15) is 0 Å². The molecule has 0 heterocycles. The average Bonchev–Trinajstić information content (AvgIpc) is 2.90. The highest BCUT2D eigenvalue weighted by atomic mass is 32.2. The molecule has 12 heteroatoms. The highest BCUT2D eigenvalue weighted by Crippen LogP contribution is 2.59. The smallest absolute Gasteiger partial charge is 0.340 e. The van der Waals surface area contributed by atoms with E-state index in [1.807, 2.05) is 0 Å². The lowest BCUT2D eigenvalue weighted by atomic mass is 9.76. The first-order valence-electron chi connectivity index (χ1n) is 12.1. The number of sulfonamides is 1. The van der Waals surface area contributed by atoms with Crippen LogP contribution in [0.25, 0.3) is 0 Å². The Hall–Kier alpha value is -2.99. The maximum Gasteiger partial charge on any atom is 0.340 e. The zero-order valence-electron chi connectivity index (χ0n) is 21.3. The number of carboxylic acids is 2. The molecule has 38 heavy (non-hydrogen) atoms. The summed E-state index contributed by atoms with van der Waals surface area (Å²) in [4.78, 5) is 23.9. The van der Waals surface area contributed by atoms with Gasteiger partial charge in [-0.25, -0.2) is 8.42 Å². The highest BCUT2D eigenvalue weighted by molar-refractivity contribution is 7.89. The number of halogens is 4. The molecule has 0 bridgehead atoms. The maximum absolute atomic E-state index is 16.0. The Kier molecular flexibility index (Phi) is 8.01. The van der Waals surface area contributed by atoms with Gasteiger partial charge in [0.15, 0.2) is 5.92 Å². The van der Waals surface area contributed by atoms with Gasteiger partial charge in [0.2, 0.25) is 10.0 Å². The van der Waals surface area contributed by atoms with Gasteiger partial charge in [-0.1, -0.05) is 52.0 Å². The van der Waals surface area contributed by atoms with Gasteiger partial charge < -0.3 is 10.2 Å². The van der Waals surface area contributed by atoms with Gasteiger partial charge in [-0.2, -0.15) is 21.9 Å². The van der Waals surface area contributed by atoms with Crippen molar-refractivity contribution < 1.29 is 45.8 Å². The summed E-state index contributed by atoms with van der Waals surface area (Å²) < 4.78 is 91.8. The lowest BCUT2D eigenvalue weighted by molar-refractivity contribution is -0.223. The predicted octanol–water partition coefficient (Wildman–Crippen LogP) is 4.96. The molecule has 0 fully saturated rings. The Morgan fingerprint density at radius 1 is 0.895 bits per heavy atom. The van der Waals surface area contributed by atoms with E-state index in [2.05, 4.69) is 0 Å². The molecule has 0 amide bonds. The molecular weight excluding hydrogens is 530 g/mol. The van der Waals surface area contributed by atoms with Crippen molar-refractivity contribution in [3.63, 3.8) is 0 Å². The molecule has 0 aliphatic heterocycles. The van der Waals surface area contributed by atoms with Crippen LogP contribution >= 0.6 is 0 Å². The molecule has 2 aromatic rings. The first-order chi connectivity index (χ1) is 17.6. The summed E-state index contributed by atoms with van der Waals surface area (Å²) in [5, 5.41) is 19.7. The minimum Gasteiger partial charge on any atom is -0.481 e. The van der Waals surface area contributed by atoms with Crippen LogP contribution in [0.3, 0.4) is 0 Å². The zero-order chi connectivity index (χ0) is 28.8. The van der Waals surface area contributed by atoms with E-state index in [1.165, 1.54) is 19.9 Å². The molecule has 0 aromatic heterocycles. The standard InChI is InChI=1S/C26H29F4NO6S/c1-5-14-15(6-2)22-17(13-19(14)38(36,37)31(7-3)8-4)20(21(23(32)33)24(34)35)16-11-9-10-12-18(16)25(27,28)26(22,29)30/h9-13,20-21H,5-8H2,1-4H3,(H,32,33)(H,34,35). The summed E-state index contributed by atoms with van der Waals surface area (Å²) in [5.41, 5.74) is -4.29. The summed E-state index contributed by atoms with van der Waals surface area (Å²) in [7, 11) is -4.35. The van der Waals surface area contributed by atoms with Crippen LogP contribution in [0.4, 0.5) is 17.6 Å². The predicted molar refractivity (Wildman–Crippen MR) is 130 cm³/mol. The molecule has 208 valence electrons. The van der Waals surface area contributed by atoms with Gasteiger partial charge in [-0.3, -0.25) is 9.59 Å². The van der Waals surface area contributed by atoms with Crippen molar-refractivity contribution in [1.82, 2.24) is 4.31 Å². The van der Waals surface area contributed by atoms with Crippen LogP contribution in [-0.4, -0.2) is 48.0 Å². The number of aliphatic carboxylic acids is 2. The summed E-state index contributed by atoms with van der Waals surface area (Å²) >= 11 is 0. The quantitative estimate of drug-likeness (QED) is 0.332. The molecule has 0 saturated heterocycles. The Labute approximate surface area is 218 Å². The number of carbonyl (C=O) groups is 2. The number of carboxylic acid groups (broad SMARTS) is 2. The number of rotatable bonds is 9. The van der Waals surface area contributed by atoms with Crippen molar-refractivity contribution >= 4 is 22.0 Å². The van der Waals surface area contributed by atoms with E-state index in [1.54, 1.807) is 13.8 Å². The first-order valence-corrected chi connectivity index (χ1v) is 13.6. The van der Waals surface area contributed by atoms with Crippen molar-refractivity contribution in [3.8, 4) is 0 Å². The first kappa shape index (κ1) is 29.6. The second kappa shape index (κ2) is 10.3. The molecule has 2 aromatic carbocycles. The third kappa shape index (κ3) is 4.27. The van der Waals surface area contributed by atoms with E-state index < -0.39 is 72.8 Å². The molecule has 1 aliphatic rings. The fourth-order valence-corrected chi connectivity index (χ4v) is 7.21. The van der Waals surface area contributed by atoms with Crippen LogP contribution in [0, 0.1) is 5.92 Å².